The van der Waals surface area contributed by atoms with Crippen molar-refractivity contribution in [2.75, 3.05) is 16.2 Å². The van der Waals surface area contributed by atoms with Gasteiger partial charge in [0.05, 0.1) is 16.8 Å². The number of nitrogens with one attached hydrogen (secondary N) is 1. The molecule has 0 bridgehead atoms. The fraction of sp³-hybridized carbons (Fsp3) is 0.421. The van der Waals surface area contributed by atoms with Gasteiger partial charge in [-0.2, -0.15) is 0 Å². The third-order valence-electron chi connectivity index (χ3n) is 4.86. The van der Waals surface area contributed by atoms with Crippen LogP contribution < -0.4 is 9.62 Å². The molecule has 1 unspecified atom stereocenters. The van der Waals surface area contributed by atoms with Gasteiger partial charge in [0.25, 0.3) is 10.0 Å². The number of rotatable bonds is 5. The lowest BCUT2D eigenvalue weighted by molar-refractivity contribution is 0.449. The molecule has 0 amide bonds. The Bertz CT molecular complexity index is 869. The predicted octanol–water partition coefficient (Wildman–Crippen LogP) is 4.61. The first-order chi connectivity index (χ1) is 12.4. The maximum absolute atomic E-state index is 12.5. The highest BCUT2D eigenvalue weighted by Gasteiger charge is 2.21. The minimum absolute atomic E-state index is 0.173. The first-order valence-corrected chi connectivity index (χ1v) is 10.8. The zero-order valence-corrected chi connectivity index (χ0v) is 16.6. The van der Waals surface area contributed by atoms with Crippen molar-refractivity contribution < 1.29 is 8.42 Å². The Hall–Kier alpha value is -1.79. The standard InChI is InChI=1S/C19H24ClN3O2S/c1-3-15-6-4-5-11-23(15)16-7-10-19(21-13-16)22-26(24,25)17-8-9-18(20)14(2)12-17/h7-10,12-13,15H,3-6,11H2,1-2H3,(H,21,22). The van der Waals surface area contributed by atoms with E-state index in [9.17, 15) is 8.42 Å². The summed E-state index contributed by atoms with van der Waals surface area (Å²) in [5.74, 6) is 0.311. The van der Waals surface area contributed by atoms with E-state index in [1.54, 1.807) is 31.3 Å². The highest BCUT2D eigenvalue weighted by Crippen LogP contribution is 2.27. The van der Waals surface area contributed by atoms with Crippen LogP contribution in [0.15, 0.2) is 41.4 Å². The van der Waals surface area contributed by atoms with Gasteiger partial charge >= 0.3 is 0 Å². The number of hydrogen-bond donors (Lipinski definition) is 1. The molecular weight excluding hydrogens is 370 g/mol. The molecule has 2 aromatic rings. The van der Waals surface area contributed by atoms with Gasteiger partial charge in [-0.25, -0.2) is 13.4 Å². The average Bonchev–Trinajstić information content (AvgIpc) is 2.64. The van der Waals surface area contributed by atoms with Crippen LogP contribution in [-0.4, -0.2) is 26.0 Å². The molecule has 0 saturated carbocycles. The maximum atomic E-state index is 12.5. The lowest BCUT2D eigenvalue weighted by atomic mass is 9.99. The van der Waals surface area contributed by atoms with Gasteiger partial charge in [-0.05, 0) is 68.5 Å². The van der Waals surface area contributed by atoms with Crippen LogP contribution in [0.4, 0.5) is 11.5 Å². The third kappa shape index (κ3) is 4.13. The van der Waals surface area contributed by atoms with Crippen molar-refractivity contribution in [1.82, 2.24) is 4.98 Å². The van der Waals surface area contributed by atoms with Crippen molar-refractivity contribution in [3.8, 4) is 0 Å². The van der Waals surface area contributed by atoms with Crippen LogP contribution >= 0.6 is 11.6 Å². The SMILES string of the molecule is CCC1CCCCN1c1ccc(NS(=O)(=O)c2ccc(Cl)c(C)c2)nc1. The van der Waals surface area contributed by atoms with Crippen molar-refractivity contribution in [1.29, 1.82) is 0 Å². The highest BCUT2D eigenvalue weighted by molar-refractivity contribution is 7.92. The van der Waals surface area contributed by atoms with Crippen molar-refractivity contribution in [2.45, 2.75) is 50.5 Å². The first-order valence-electron chi connectivity index (χ1n) is 8.92. The fourth-order valence-electron chi connectivity index (χ4n) is 3.36. The lowest BCUT2D eigenvalue weighted by Gasteiger charge is -2.37. The second kappa shape index (κ2) is 7.84. The predicted molar refractivity (Wildman–Crippen MR) is 107 cm³/mol. The summed E-state index contributed by atoms with van der Waals surface area (Å²) in [4.78, 5) is 6.86. The summed E-state index contributed by atoms with van der Waals surface area (Å²) < 4.78 is 27.6. The second-order valence-corrected chi connectivity index (χ2v) is 8.76. The molecule has 1 aromatic carbocycles. The quantitative estimate of drug-likeness (QED) is 0.805. The molecule has 0 radical (unpaired) electrons. The number of aryl methyl sites for hydroxylation is 1. The van der Waals surface area contributed by atoms with Gasteiger partial charge in [0.1, 0.15) is 5.82 Å². The van der Waals surface area contributed by atoms with Crippen LogP contribution in [0.5, 0.6) is 0 Å². The number of anilines is 2. The molecule has 140 valence electrons. The van der Waals surface area contributed by atoms with Crippen LogP contribution in [0.3, 0.4) is 0 Å². The van der Waals surface area contributed by atoms with E-state index in [1.807, 2.05) is 6.07 Å². The van der Waals surface area contributed by atoms with Crippen molar-refractivity contribution in [2.24, 2.45) is 0 Å². The molecule has 1 aliphatic heterocycles. The number of piperidine rings is 1. The van der Waals surface area contributed by atoms with Crippen LogP contribution in [0.25, 0.3) is 0 Å². The number of hydrogen-bond acceptors (Lipinski definition) is 4. The van der Waals surface area contributed by atoms with E-state index in [-0.39, 0.29) is 4.90 Å². The van der Waals surface area contributed by atoms with Gasteiger partial charge in [-0.3, -0.25) is 4.72 Å². The molecule has 0 aliphatic carbocycles. The lowest BCUT2D eigenvalue weighted by Crippen LogP contribution is -2.39. The Morgan fingerprint density at radius 2 is 2.08 bits per heavy atom. The molecule has 1 aliphatic rings. The summed E-state index contributed by atoms with van der Waals surface area (Å²) in [6, 6.07) is 8.82. The van der Waals surface area contributed by atoms with Crippen molar-refractivity contribution in [3.63, 3.8) is 0 Å². The first kappa shape index (κ1) is 19.0. The van der Waals surface area contributed by atoms with E-state index in [4.69, 9.17) is 11.6 Å². The average molecular weight is 394 g/mol. The zero-order chi connectivity index (χ0) is 18.7. The molecule has 1 atom stereocenters. The van der Waals surface area contributed by atoms with E-state index < -0.39 is 10.0 Å². The monoisotopic (exact) mass is 393 g/mol. The van der Waals surface area contributed by atoms with Crippen LogP contribution in [0.1, 0.15) is 38.2 Å². The minimum Gasteiger partial charge on any atom is -0.367 e. The molecular formula is C19H24ClN3O2S. The van der Waals surface area contributed by atoms with Gasteiger partial charge in [0, 0.05) is 17.6 Å². The minimum atomic E-state index is -3.69. The van der Waals surface area contributed by atoms with Gasteiger partial charge in [0.15, 0.2) is 0 Å². The van der Waals surface area contributed by atoms with Gasteiger partial charge in [0.2, 0.25) is 0 Å². The Morgan fingerprint density at radius 3 is 2.73 bits per heavy atom. The number of benzene rings is 1. The number of sulfonamides is 1. The van der Waals surface area contributed by atoms with E-state index in [0.29, 0.717) is 22.4 Å². The molecule has 1 N–H and O–H groups in total. The van der Waals surface area contributed by atoms with Crippen LogP contribution in [0.2, 0.25) is 5.02 Å². The largest absolute Gasteiger partial charge is 0.367 e. The summed E-state index contributed by atoms with van der Waals surface area (Å²) in [6.45, 7) is 5.00. The molecule has 26 heavy (non-hydrogen) atoms. The van der Waals surface area contributed by atoms with E-state index in [0.717, 1.165) is 18.7 Å². The van der Waals surface area contributed by atoms with Crippen LogP contribution in [0, 0.1) is 6.92 Å². The van der Waals surface area contributed by atoms with Crippen LogP contribution in [-0.2, 0) is 10.0 Å². The molecule has 7 heteroatoms. The van der Waals surface area contributed by atoms with Gasteiger partial charge in [-0.1, -0.05) is 18.5 Å². The van der Waals surface area contributed by atoms with E-state index in [1.165, 1.54) is 25.3 Å². The Balaban J connectivity index is 1.77. The molecule has 1 aromatic heterocycles. The molecule has 3 rings (SSSR count). The summed E-state index contributed by atoms with van der Waals surface area (Å²) in [5, 5.41) is 0.540. The highest BCUT2D eigenvalue weighted by atomic mass is 35.5. The number of pyridine rings is 1. The summed E-state index contributed by atoms with van der Waals surface area (Å²) in [6.07, 6.45) is 6.49. The second-order valence-electron chi connectivity index (χ2n) is 6.67. The van der Waals surface area contributed by atoms with Crippen molar-refractivity contribution in [3.05, 3.63) is 47.1 Å². The molecule has 0 spiro atoms. The molecule has 5 nitrogen and oxygen atoms in total. The number of aromatic nitrogens is 1. The summed E-state index contributed by atoms with van der Waals surface area (Å²) >= 11 is 5.97. The van der Waals surface area contributed by atoms with Crippen molar-refractivity contribution >= 4 is 33.1 Å². The number of nitrogens with zero attached hydrogens (tertiary/aromatic N) is 2. The normalized spacial score (nSPS) is 18.0. The maximum Gasteiger partial charge on any atom is 0.263 e. The van der Waals surface area contributed by atoms with Gasteiger partial charge < -0.3 is 4.90 Å². The number of halogens is 1. The smallest absolute Gasteiger partial charge is 0.263 e. The summed E-state index contributed by atoms with van der Waals surface area (Å²) in [7, 11) is -3.69. The fourth-order valence-corrected chi connectivity index (χ4v) is 4.57. The van der Waals surface area contributed by atoms with E-state index >= 15 is 0 Å². The Labute approximate surface area is 160 Å². The van der Waals surface area contributed by atoms with Gasteiger partial charge in [-0.15, -0.1) is 0 Å². The molecule has 1 fully saturated rings. The molecule has 2 heterocycles. The Morgan fingerprint density at radius 1 is 1.27 bits per heavy atom. The molecule has 1 saturated heterocycles. The zero-order valence-electron chi connectivity index (χ0n) is 15.1. The third-order valence-corrected chi connectivity index (χ3v) is 6.63. The topological polar surface area (TPSA) is 62.3 Å². The van der Waals surface area contributed by atoms with E-state index in [2.05, 4.69) is 21.5 Å². The Kier molecular flexibility index (Phi) is 5.73. The summed E-state index contributed by atoms with van der Waals surface area (Å²) in [5.41, 5.74) is 1.76.